The number of nitrogens with one attached hydrogen (secondary N) is 1. The van der Waals surface area contributed by atoms with Gasteiger partial charge < -0.3 is 5.32 Å². The maximum absolute atomic E-state index is 12.0. The third kappa shape index (κ3) is 4.24. The molecule has 0 aliphatic rings. The number of halogens is 1. The number of carbonyl (C=O) groups is 1. The van der Waals surface area contributed by atoms with Gasteiger partial charge in [0, 0.05) is 10.0 Å². The Hall–Kier alpha value is -1.27. The molecular formula is C14H16BrNO. The molecule has 1 rings (SSSR count). The Morgan fingerprint density at radius 2 is 2.24 bits per heavy atom. The fourth-order valence-corrected chi connectivity index (χ4v) is 2.20. The number of rotatable bonds is 4. The third-order valence-corrected chi connectivity index (χ3v) is 2.85. The first-order valence-electron chi connectivity index (χ1n) is 5.61. The monoisotopic (exact) mass is 293 g/mol. The van der Waals surface area contributed by atoms with Gasteiger partial charge in [-0.05, 0) is 37.1 Å². The number of hydrogen-bond donors (Lipinski definition) is 1. The average Bonchev–Trinajstić information content (AvgIpc) is 2.27. The minimum Gasteiger partial charge on any atom is -0.338 e. The van der Waals surface area contributed by atoms with Crippen molar-refractivity contribution in [1.29, 1.82) is 0 Å². The lowest BCUT2D eigenvalue weighted by Crippen LogP contribution is -2.33. The van der Waals surface area contributed by atoms with E-state index in [0.717, 1.165) is 22.9 Å². The van der Waals surface area contributed by atoms with Crippen LogP contribution in [0.1, 0.15) is 35.7 Å². The first-order valence-corrected chi connectivity index (χ1v) is 6.40. The lowest BCUT2D eigenvalue weighted by atomic mass is 10.1. The molecule has 0 aliphatic carbocycles. The molecular weight excluding hydrogens is 278 g/mol. The van der Waals surface area contributed by atoms with Crippen LogP contribution in [0.15, 0.2) is 22.7 Å². The van der Waals surface area contributed by atoms with Crippen LogP contribution in [0.2, 0.25) is 0 Å². The van der Waals surface area contributed by atoms with Crippen LogP contribution in [0.3, 0.4) is 0 Å². The molecule has 0 spiro atoms. The zero-order valence-corrected chi connectivity index (χ0v) is 11.7. The van der Waals surface area contributed by atoms with E-state index in [1.807, 2.05) is 26.0 Å². The number of benzene rings is 1. The minimum absolute atomic E-state index is 0.120. The zero-order chi connectivity index (χ0) is 12.8. The first kappa shape index (κ1) is 13.8. The summed E-state index contributed by atoms with van der Waals surface area (Å²) in [5.74, 6) is 2.47. The molecule has 0 bridgehead atoms. The summed E-state index contributed by atoms with van der Waals surface area (Å²) in [5.41, 5.74) is 1.67. The molecule has 0 saturated heterocycles. The average molecular weight is 294 g/mol. The van der Waals surface area contributed by atoms with Gasteiger partial charge in [0.15, 0.2) is 0 Å². The number of carbonyl (C=O) groups excluding carboxylic acids is 1. The fraction of sp³-hybridized carbons (Fsp3) is 0.357. The van der Waals surface area contributed by atoms with E-state index in [4.69, 9.17) is 6.42 Å². The molecule has 1 N–H and O–H groups in total. The maximum Gasteiger partial charge on any atom is 0.252 e. The number of aryl methyl sites for hydroxylation is 1. The summed E-state index contributed by atoms with van der Waals surface area (Å²) in [5, 5.41) is 2.84. The predicted octanol–water partition coefficient (Wildman–Crippen LogP) is 3.29. The molecule has 0 aliphatic heterocycles. The van der Waals surface area contributed by atoms with Crippen LogP contribution >= 0.6 is 15.9 Å². The van der Waals surface area contributed by atoms with Gasteiger partial charge in [0.2, 0.25) is 0 Å². The van der Waals surface area contributed by atoms with E-state index in [2.05, 4.69) is 27.2 Å². The Labute approximate surface area is 111 Å². The molecule has 1 unspecified atom stereocenters. The van der Waals surface area contributed by atoms with Crippen molar-refractivity contribution in [1.82, 2.24) is 5.32 Å². The highest BCUT2D eigenvalue weighted by Gasteiger charge is 2.11. The summed E-state index contributed by atoms with van der Waals surface area (Å²) < 4.78 is 0.899. The molecule has 0 heterocycles. The van der Waals surface area contributed by atoms with E-state index in [-0.39, 0.29) is 11.9 Å². The fourth-order valence-electron chi connectivity index (χ4n) is 1.59. The van der Waals surface area contributed by atoms with E-state index in [9.17, 15) is 4.79 Å². The second-order valence-electron chi connectivity index (χ2n) is 4.00. The molecule has 1 aromatic carbocycles. The van der Waals surface area contributed by atoms with Crippen LogP contribution in [0, 0.1) is 19.3 Å². The molecule has 1 amide bonds. The van der Waals surface area contributed by atoms with Crippen molar-refractivity contribution in [3.05, 3.63) is 33.8 Å². The standard InChI is InChI=1S/C14H16BrNO/c1-4-6-13(5-2)16-14(17)11-7-10(3)8-12(15)9-11/h2,7-9,13H,4,6H2,1,3H3,(H,16,17). The molecule has 0 fully saturated rings. The molecule has 90 valence electrons. The summed E-state index contributed by atoms with van der Waals surface area (Å²) in [6, 6.07) is 5.41. The summed E-state index contributed by atoms with van der Waals surface area (Å²) in [4.78, 5) is 12.0. The summed E-state index contributed by atoms with van der Waals surface area (Å²) in [6.07, 6.45) is 7.12. The summed E-state index contributed by atoms with van der Waals surface area (Å²) in [7, 11) is 0. The van der Waals surface area contributed by atoms with Gasteiger partial charge in [-0.25, -0.2) is 0 Å². The molecule has 17 heavy (non-hydrogen) atoms. The van der Waals surface area contributed by atoms with Gasteiger partial charge in [0.1, 0.15) is 0 Å². The van der Waals surface area contributed by atoms with E-state index in [0.29, 0.717) is 5.56 Å². The predicted molar refractivity (Wildman–Crippen MR) is 73.9 cm³/mol. The van der Waals surface area contributed by atoms with Crippen molar-refractivity contribution >= 4 is 21.8 Å². The van der Waals surface area contributed by atoms with Gasteiger partial charge in [-0.1, -0.05) is 35.2 Å². The largest absolute Gasteiger partial charge is 0.338 e. The summed E-state index contributed by atoms with van der Waals surface area (Å²) in [6.45, 7) is 3.99. The lowest BCUT2D eigenvalue weighted by Gasteiger charge is -2.12. The van der Waals surface area contributed by atoms with Gasteiger partial charge in [0.25, 0.3) is 5.91 Å². The van der Waals surface area contributed by atoms with Crippen molar-refractivity contribution in [2.24, 2.45) is 0 Å². The van der Waals surface area contributed by atoms with E-state index >= 15 is 0 Å². The van der Waals surface area contributed by atoms with E-state index < -0.39 is 0 Å². The Bertz CT molecular complexity index is 428. The Morgan fingerprint density at radius 3 is 2.76 bits per heavy atom. The Balaban J connectivity index is 2.79. The topological polar surface area (TPSA) is 29.1 Å². The lowest BCUT2D eigenvalue weighted by molar-refractivity contribution is 0.0944. The number of terminal acetylenes is 1. The van der Waals surface area contributed by atoms with E-state index in [1.54, 1.807) is 6.07 Å². The molecule has 0 aromatic heterocycles. The number of amides is 1. The van der Waals surface area contributed by atoms with Gasteiger partial charge >= 0.3 is 0 Å². The van der Waals surface area contributed by atoms with E-state index in [1.165, 1.54) is 0 Å². The van der Waals surface area contributed by atoms with Crippen LogP contribution in [-0.4, -0.2) is 11.9 Å². The van der Waals surface area contributed by atoms with Gasteiger partial charge in [-0.2, -0.15) is 0 Å². The second-order valence-corrected chi connectivity index (χ2v) is 4.91. The van der Waals surface area contributed by atoms with Crippen LogP contribution < -0.4 is 5.32 Å². The van der Waals surface area contributed by atoms with Crippen molar-refractivity contribution < 1.29 is 4.79 Å². The first-order chi connectivity index (χ1) is 8.06. The molecule has 1 atom stereocenters. The highest BCUT2D eigenvalue weighted by molar-refractivity contribution is 9.10. The minimum atomic E-state index is -0.188. The highest BCUT2D eigenvalue weighted by atomic mass is 79.9. The van der Waals surface area contributed by atoms with Crippen LogP contribution in [0.5, 0.6) is 0 Å². The quantitative estimate of drug-likeness (QED) is 0.848. The second kappa shape index (κ2) is 6.46. The van der Waals surface area contributed by atoms with Crippen molar-refractivity contribution in [3.8, 4) is 12.3 Å². The molecule has 2 nitrogen and oxygen atoms in total. The van der Waals surface area contributed by atoms with Crippen molar-refractivity contribution in [2.45, 2.75) is 32.7 Å². The van der Waals surface area contributed by atoms with Gasteiger partial charge in [-0.3, -0.25) is 4.79 Å². The van der Waals surface area contributed by atoms with Crippen molar-refractivity contribution in [3.63, 3.8) is 0 Å². The highest BCUT2D eigenvalue weighted by Crippen LogP contribution is 2.15. The Kier molecular flexibility index (Phi) is 5.24. The molecule has 1 aromatic rings. The Morgan fingerprint density at radius 1 is 1.53 bits per heavy atom. The summed E-state index contributed by atoms with van der Waals surface area (Å²) >= 11 is 3.37. The van der Waals surface area contributed by atoms with Gasteiger partial charge in [-0.15, -0.1) is 6.42 Å². The van der Waals surface area contributed by atoms with Crippen LogP contribution in [0.4, 0.5) is 0 Å². The third-order valence-electron chi connectivity index (χ3n) is 2.39. The molecule has 0 radical (unpaired) electrons. The zero-order valence-electron chi connectivity index (χ0n) is 10.1. The SMILES string of the molecule is C#CC(CCC)NC(=O)c1cc(C)cc(Br)c1. The van der Waals surface area contributed by atoms with Crippen LogP contribution in [0.25, 0.3) is 0 Å². The smallest absolute Gasteiger partial charge is 0.252 e. The molecule has 0 saturated carbocycles. The molecule has 3 heteroatoms. The van der Waals surface area contributed by atoms with Crippen LogP contribution in [-0.2, 0) is 0 Å². The number of hydrogen-bond acceptors (Lipinski definition) is 1. The van der Waals surface area contributed by atoms with Crippen molar-refractivity contribution in [2.75, 3.05) is 0 Å². The normalized spacial score (nSPS) is 11.6. The van der Waals surface area contributed by atoms with Gasteiger partial charge in [0.05, 0.1) is 6.04 Å². The maximum atomic E-state index is 12.0.